The SMILES string of the molecule is O.O.[Cl-].[Cl-].[Ni+2]. The van der Waals surface area contributed by atoms with Crippen LogP contribution in [0, 0.1) is 0 Å². The first-order valence-corrected chi connectivity index (χ1v) is 0. The van der Waals surface area contributed by atoms with Crippen LogP contribution in [0.25, 0.3) is 0 Å². The fourth-order valence-corrected chi connectivity index (χ4v) is 0. The normalized spacial score (nSPS) is 0. The molecule has 0 aromatic carbocycles. The molecule has 2 nitrogen and oxygen atoms in total. The average Bonchev–Trinajstić information content (AvgIpc) is 0. The Balaban J connectivity index is 0. The van der Waals surface area contributed by atoms with Gasteiger partial charge in [0, 0.05) is 0 Å². The molecule has 4 N–H and O–H groups in total. The van der Waals surface area contributed by atoms with Crippen LogP contribution in [0.2, 0.25) is 0 Å². The van der Waals surface area contributed by atoms with Crippen LogP contribution in [0.15, 0.2) is 0 Å². The molecule has 5 heavy (non-hydrogen) atoms. The van der Waals surface area contributed by atoms with Crippen molar-refractivity contribution >= 4 is 0 Å². The molecule has 0 aliphatic heterocycles. The summed E-state index contributed by atoms with van der Waals surface area (Å²) in [5, 5.41) is 0. The first-order valence-electron chi connectivity index (χ1n) is 0. The third kappa shape index (κ3) is 45.3. The van der Waals surface area contributed by atoms with Crippen LogP contribution in [0.1, 0.15) is 0 Å². The van der Waals surface area contributed by atoms with Crippen LogP contribution in [-0.4, -0.2) is 11.0 Å². The topological polar surface area (TPSA) is 63.0 Å². The van der Waals surface area contributed by atoms with E-state index in [-0.39, 0.29) is 52.3 Å². The van der Waals surface area contributed by atoms with Gasteiger partial charge in [0.2, 0.25) is 0 Å². The summed E-state index contributed by atoms with van der Waals surface area (Å²) < 4.78 is 0. The quantitative estimate of drug-likeness (QED) is 0.320. The molecule has 0 aromatic heterocycles. The minimum Gasteiger partial charge on any atom is -1.00 e. The Kier molecular flexibility index (Phi) is 2440. The maximum atomic E-state index is 0. The first kappa shape index (κ1) is 151. The molecule has 0 aliphatic rings. The summed E-state index contributed by atoms with van der Waals surface area (Å²) in [6, 6.07) is 0. The molecule has 0 saturated heterocycles. The molecule has 0 bridgehead atoms. The molecule has 0 atom stereocenters. The minimum atomic E-state index is 0. The van der Waals surface area contributed by atoms with Gasteiger partial charge in [-0.05, 0) is 0 Å². The van der Waals surface area contributed by atoms with Crippen molar-refractivity contribution in [2.45, 2.75) is 0 Å². The van der Waals surface area contributed by atoms with E-state index in [0.717, 1.165) is 0 Å². The van der Waals surface area contributed by atoms with Crippen LogP contribution in [0.4, 0.5) is 0 Å². The van der Waals surface area contributed by atoms with Gasteiger partial charge in [-0.3, -0.25) is 0 Å². The van der Waals surface area contributed by atoms with E-state index in [0.29, 0.717) is 0 Å². The van der Waals surface area contributed by atoms with Gasteiger partial charge in [-0.2, -0.15) is 0 Å². The van der Waals surface area contributed by atoms with Gasteiger partial charge in [-0.1, -0.05) is 0 Å². The number of halogens is 2. The van der Waals surface area contributed by atoms with Crippen LogP contribution >= 0.6 is 0 Å². The zero-order valence-electron chi connectivity index (χ0n) is 2.07. The summed E-state index contributed by atoms with van der Waals surface area (Å²) in [6.07, 6.45) is 0. The maximum Gasteiger partial charge on any atom is 2.00 e. The van der Waals surface area contributed by atoms with E-state index in [1.165, 1.54) is 0 Å². The Hall–Kier alpha value is 0.994. The van der Waals surface area contributed by atoms with E-state index in [4.69, 9.17) is 0 Å². The zero-order valence-corrected chi connectivity index (χ0v) is 4.57. The minimum absolute atomic E-state index is 0. The van der Waals surface area contributed by atoms with E-state index >= 15 is 0 Å². The molecular weight excluding hydrogens is 162 g/mol. The van der Waals surface area contributed by atoms with Crippen LogP contribution in [-0.2, 0) is 16.5 Å². The smallest absolute Gasteiger partial charge is 1.00 e. The molecule has 0 amide bonds. The number of hydrogen-bond donors (Lipinski definition) is 0. The second kappa shape index (κ2) is 80.7. The second-order valence-corrected chi connectivity index (χ2v) is 0. The Labute approximate surface area is 52.7 Å². The molecule has 0 spiro atoms. The van der Waals surface area contributed by atoms with Gasteiger partial charge in [0.25, 0.3) is 0 Å². The predicted molar refractivity (Wildman–Crippen MR) is 7.23 cm³/mol. The van der Waals surface area contributed by atoms with Crippen LogP contribution in [0.3, 0.4) is 0 Å². The molecule has 0 aliphatic carbocycles. The van der Waals surface area contributed by atoms with Crippen molar-refractivity contribution in [2.24, 2.45) is 0 Å². The monoisotopic (exact) mass is 164 g/mol. The summed E-state index contributed by atoms with van der Waals surface area (Å²) in [5.74, 6) is 0. The zero-order chi connectivity index (χ0) is 0. The molecular formula is H4Cl2NiO2. The molecule has 0 rings (SSSR count). The fraction of sp³-hybridized carbons (Fsp3) is 0. The largest absolute Gasteiger partial charge is 2.00 e. The van der Waals surface area contributed by atoms with E-state index < -0.39 is 0 Å². The van der Waals surface area contributed by atoms with Gasteiger partial charge in [0.05, 0.1) is 0 Å². The van der Waals surface area contributed by atoms with Crippen molar-refractivity contribution in [3.05, 3.63) is 0 Å². The van der Waals surface area contributed by atoms with Crippen molar-refractivity contribution in [1.29, 1.82) is 0 Å². The average molecular weight is 166 g/mol. The third-order valence-corrected chi connectivity index (χ3v) is 0. The van der Waals surface area contributed by atoms with Crippen molar-refractivity contribution in [3.8, 4) is 0 Å². The van der Waals surface area contributed by atoms with Crippen LogP contribution < -0.4 is 24.8 Å². The van der Waals surface area contributed by atoms with E-state index in [1.54, 1.807) is 0 Å². The number of hydrogen-bond acceptors (Lipinski definition) is 0. The van der Waals surface area contributed by atoms with E-state index in [1.807, 2.05) is 0 Å². The molecule has 0 aromatic rings. The fourth-order valence-electron chi connectivity index (χ4n) is 0. The van der Waals surface area contributed by atoms with Gasteiger partial charge in [0.1, 0.15) is 0 Å². The molecule has 0 radical (unpaired) electrons. The Morgan fingerprint density at radius 1 is 0.600 bits per heavy atom. The maximum absolute atomic E-state index is 0. The second-order valence-electron chi connectivity index (χ2n) is 0. The van der Waals surface area contributed by atoms with Gasteiger partial charge >= 0.3 is 16.5 Å². The number of rotatable bonds is 0. The van der Waals surface area contributed by atoms with E-state index in [2.05, 4.69) is 0 Å². The molecule has 40 valence electrons. The van der Waals surface area contributed by atoms with Gasteiger partial charge in [-0.25, -0.2) is 0 Å². The summed E-state index contributed by atoms with van der Waals surface area (Å²) in [6.45, 7) is 0. The van der Waals surface area contributed by atoms with Gasteiger partial charge in [-0.15, -0.1) is 0 Å². The molecule has 0 heterocycles. The Morgan fingerprint density at radius 2 is 0.600 bits per heavy atom. The van der Waals surface area contributed by atoms with E-state index in [9.17, 15) is 0 Å². The molecule has 0 saturated carbocycles. The molecule has 0 fully saturated rings. The Bertz CT molecular complexity index is 7.61. The summed E-state index contributed by atoms with van der Waals surface area (Å²) in [4.78, 5) is 0. The first-order chi connectivity index (χ1) is 0. The standard InChI is InChI=1S/2ClH.Ni.2H2O/h2*1H;;2*1H2/q;;+2;;/p-2. The summed E-state index contributed by atoms with van der Waals surface area (Å²) in [5.41, 5.74) is 0. The molecule has 5 heteroatoms. The van der Waals surface area contributed by atoms with Gasteiger partial charge in [0.15, 0.2) is 0 Å². The van der Waals surface area contributed by atoms with Crippen molar-refractivity contribution in [2.75, 3.05) is 0 Å². The predicted octanol–water partition coefficient (Wildman–Crippen LogP) is -7.64. The van der Waals surface area contributed by atoms with Crippen molar-refractivity contribution < 1.29 is 52.3 Å². The van der Waals surface area contributed by atoms with Crippen molar-refractivity contribution in [1.82, 2.24) is 0 Å². The van der Waals surface area contributed by atoms with Crippen LogP contribution in [0.5, 0.6) is 0 Å². The summed E-state index contributed by atoms with van der Waals surface area (Å²) >= 11 is 0. The van der Waals surface area contributed by atoms with Gasteiger partial charge < -0.3 is 35.8 Å². The van der Waals surface area contributed by atoms with Crippen molar-refractivity contribution in [3.63, 3.8) is 0 Å². The third-order valence-electron chi connectivity index (χ3n) is 0. The Morgan fingerprint density at radius 3 is 0.600 bits per heavy atom. The molecule has 0 unspecified atom stereocenters. The summed E-state index contributed by atoms with van der Waals surface area (Å²) in [7, 11) is 0.